The highest BCUT2D eigenvalue weighted by molar-refractivity contribution is 7.85. The molecule has 0 rings (SSSR count). The molecule has 4 N–H and O–H groups in total. The van der Waals surface area contributed by atoms with Gasteiger partial charge in [0.2, 0.25) is 5.91 Å². The third-order valence-corrected chi connectivity index (χ3v) is 10.4. The average Bonchev–Trinajstić information content (AvgIpc) is 3.09. The number of rotatable bonds is 38. The molecule has 1 amide bonds. The maximum atomic E-state index is 12.6. The van der Waals surface area contributed by atoms with Gasteiger partial charge in [0.1, 0.15) is 6.10 Å². The summed E-state index contributed by atoms with van der Waals surface area (Å²) in [6, 6.07) is -1.24. The summed E-state index contributed by atoms with van der Waals surface area (Å²) in [7, 11) is -4.44. The normalized spacial score (nSPS) is 14.2. The molecular formula is C43H81NO6S. The van der Waals surface area contributed by atoms with Gasteiger partial charge in [-0.25, -0.2) is 0 Å². The van der Waals surface area contributed by atoms with Gasteiger partial charge in [0, 0.05) is 0 Å². The smallest absolute Gasteiger partial charge is 0.267 e. The Morgan fingerprint density at radius 3 is 1.33 bits per heavy atom. The molecular weight excluding hydrogens is 659 g/mol. The summed E-state index contributed by atoms with van der Waals surface area (Å²) in [5, 5.41) is 23.4. The van der Waals surface area contributed by atoms with Gasteiger partial charge in [0.25, 0.3) is 10.1 Å². The minimum absolute atomic E-state index is 0.268. The van der Waals surface area contributed by atoms with Crippen LogP contribution in [0.15, 0.2) is 36.5 Å². The predicted octanol–water partition coefficient (Wildman–Crippen LogP) is 11.5. The molecule has 0 saturated heterocycles. The Balaban J connectivity index is 3.99. The fourth-order valence-corrected chi connectivity index (χ4v) is 7.10. The van der Waals surface area contributed by atoms with E-state index in [9.17, 15) is 28.0 Å². The van der Waals surface area contributed by atoms with E-state index in [0.717, 1.165) is 64.2 Å². The molecule has 0 saturated carbocycles. The second kappa shape index (κ2) is 36.9. The molecule has 0 aliphatic rings. The number of aliphatic hydroxyl groups excluding tert-OH is 2. The molecule has 0 aliphatic carbocycles. The summed E-state index contributed by atoms with van der Waals surface area (Å²) >= 11 is 0. The standard InChI is InChI=1S/C43H81NO6S/c1-3-5-7-9-11-13-15-17-18-19-20-21-22-23-24-25-26-28-30-32-34-36-38-42(46)43(47)44-40(39-51(48,49)50)41(45)37-35-33-31-29-27-16-14-12-10-8-6-4-2/h20-21,23-24,35,37,40-42,45-46H,3-19,22,25-34,36,38-39H2,1-2H3,(H,44,47)(H,48,49,50)/b21-20-,24-23-,37-35+. The number of hydrogen-bond donors (Lipinski definition) is 4. The first kappa shape index (κ1) is 49.5. The summed E-state index contributed by atoms with van der Waals surface area (Å²) in [6.07, 6.45) is 44.9. The Morgan fingerprint density at radius 1 is 0.549 bits per heavy atom. The van der Waals surface area contributed by atoms with E-state index in [1.807, 2.05) is 0 Å². The van der Waals surface area contributed by atoms with E-state index in [1.165, 1.54) is 122 Å². The molecule has 3 atom stereocenters. The maximum Gasteiger partial charge on any atom is 0.267 e. The molecule has 300 valence electrons. The summed E-state index contributed by atoms with van der Waals surface area (Å²) < 4.78 is 32.5. The first-order valence-corrected chi connectivity index (χ1v) is 22.9. The van der Waals surface area contributed by atoms with Crippen LogP contribution < -0.4 is 5.32 Å². The highest BCUT2D eigenvalue weighted by Gasteiger charge is 2.27. The van der Waals surface area contributed by atoms with Crippen molar-refractivity contribution in [1.29, 1.82) is 0 Å². The Hall–Kier alpha value is -1.48. The topological polar surface area (TPSA) is 124 Å². The van der Waals surface area contributed by atoms with Crippen molar-refractivity contribution in [2.45, 2.75) is 225 Å². The first-order valence-electron chi connectivity index (χ1n) is 21.3. The van der Waals surface area contributed by atoms with Crippen LogP contribution in [-0.2, 0) is 14.9 Å². The molecule has 51 heavy (non-hydrogen) atoms. The number of aliphatic hydroxyl groups is 2. The monoisotopic (exact) mass is 740 g/mol. The van der Waals surface area contributed by atoms with Crippen LogP contribution in [0, 0.1) is 0 Å². The fraction of sp³-hybridized carbons (Fsp3) is 0.837. The lowest BCUT2D eigenvalue weighted by atomic mass is 10.0. The lowest BCUT2D eigenvalue weighted by Crippen LogP contribution is -2.50. The molecule has 0 bridgehead atoms. The van der Waals surface area contributed by atoms with E-state index >= 15 is 0 Å². The van der Waals surface area contributed by atoms with Gasteiger partial charge in [-0.1, -0.05) is 192 Å². The van der Waals surface area contributed by atoms with E-state index in [1.54, 1.807) is 6.08 Å². The Kier molecular flexibility index (Phi) is 35.8. The minimum atomic E-state index is -4.44. The number of carbonyl (C=O) groups is 1. The Morgan fingerprint density at radius 2 is 0.922 bits per heavy atom. The van der Waals surface area contributed by atoms with Crippen molar-refractivity contribution in [2.75, 3.05) is 5.75 Å². The molecule has 0 spiro atoms. The van der Waals surface area contributed by atoms with Gasteiger partial charge in [-0.2, -0.15) is 8.42 Å². The van der Waals surface area contributed by atoms with E-state index in [-0.39, 0.29) is 6.42 Å². The van der Waals surface area contributed by atoms with Crippen LogP contribution in [0.3, 0.4) is 0 Å². The van der Waals surface area contributed by atoms with Crippen LogP contribution >= 0.6 is 0 Å². The zero-order valence-corrected chi connectivity index (χ0v) is 33.9. The maximum absolute atomic E-state index is 12.6. The third-order valence-electron chi connectivity index (χ3n) is 9.67. The second-order valence-corrected chi connectivity index (χ2v) is 16.3. The average molecular weight is 740 g/mol. The van der Waals surface area contributed by atoms with Crippen molar-refractivity contribution in [3.05, 3.63) is 36.5 Å². The first-order chi connectivity index (χ1) is 24.7. The summed E-state index contributed by atoms with van der Waals surface area (Å²) in [5.41, 5.74) is 0. The predicted molar refractivity (Wildman–Crippen MR) is 218 cm³/mol. The van der Waals surface area contributed by atoms with Crippen LogP contribution in [0.25, 0.3) is 0 Å². The van der Waals surface area contributed by atoms with Crippen LogP contribution in [0.1, 0.15) is 206 Å². The summed E-state index contributed by atoms with van der Waals surface area (Å²) in [5.74, 6) is -1.54. The summed E-state index contributed by atoms with van der Waals surface area (Å²) in [4.78, 5) is 12.6. The SMILES string of the molecule is CCCCCCCCCCC/C=C\C/C=C\CCCCCCCCC(O)C(=O)NC(CS(=O)(=O)O)C(O)/C=C/CCCCCCCCCCCC. The number of nitrogens with one attached hydrogen (secondary N) is 1. The molecule has 0 aromatic carbocycles. The number of unbranched alkanes of at least 4 members (excludes halogenated alkanes) is 25. The number of hydrogen-bond acceptors (Lipinski definition) is 5. The van der Waals surface area contributed by atoms with Gasteiger partial charge in [0.15, 0.2) is 0 Å². The Labute approximate surface area is 315 Å². The van der Waals surface area contributed by atoms with Crippen molar-refractivity contribution >= 4 is 16.0 Å². The molecule has 0 heterocycles. The lowest BCUT2D eigenvalue weighted by Gasteiger charge is -2.22. The van der Waals surface area contributed by atoms with E-state index in [2.05, 4.69) is 43.5 Å². The largest absolute Gasteiger partial charge is 0.387 e. The molecule has 8 heteroatoms. The quantitative estimate of drug-likeness (QED) is 0.0284. The van der Waals surface area contributed by atoms with Crippen LogP contribution in [0.4, 0.5) is 0 Å². The second-order valence-electron chi connectivity index (χ2n) is 14.8. The zero-order chi connectivity index (χ0) is 37.7. The van der Waals surface area contributed by atoms with Gasteiger partial charge >= 0.3 is 0 Å². The van der Waals surface area contributed by atoms with Crippen molar-refractivity contribution in [3.8, 4) is 0 Å². The van der Waals surface area contributed by atoms with Gasteiger partial charge in [-0.15, -0.1) is 0 Å². The minimum Gasteiger partial charge on any atom is -0.387 e. The van der Waals surface area contributed by atoms with E-state index < -0.39 is 40.0 Å². The number of allylic oxidation sites excluding steroid dienone is 5. The van der Waals surface area contributed by atoms with Gasteiger partial charge in [0.05, 0.1) is 17.9 Å². The van der Waals surface area contributed by atoms with E-state index in [4.69, 9.17) is 0 Å². The highest BCUT2D eigenvalue weighted by Crippen LogP contribution is 2.14. The summed E-state index contributed by atoms with van der Waals surface area (Å²) in [6.45, 7) is 4.50. The fourth-order valence-electron chi connectivity index (χ4n) is 6.37. The number of carbonyl (C=O) groups excluding carboxylic acids is 1. The van der Waals surface area contributed by atoms with E-state index in [0.29, 0.717) is 6.42 Å². The molecule has 7 nitrogen and oxygen atoms in total. The third kappa shape index (κ3) is 36.7. The van der Waals surface area contributed by atoms with Crippen LogP contribution in [-0.4, -0.2) is 53.1 Å². The van der Waals surface area contributed by atoms with Gasteiger partial charge in [-0.3, -0.25) is 9.35 Å². The zero-order valence-electron chi connectivity index (χ0n) is 33.1. The molecule has 0 aromatic rings. The van der Waals surface area contributed by atoms with Crippen molar-refractivity contribution in [1.82, 2.24) is 5.32 Å². The van der Waals surface area contributed by atoms with Gasteiger partial charge in [-0.05, 0) is 51.4 Å². The van der Waals surface area contributed by atoms with Crippen molar-refractivity contribution < 1.29 is 28.0 Å². The molecule has 0 fully saturated rings. The van der Waals surface area contributed by atoms with Gasteiger partial charge < -0.3 is 15.5 Å². The molecule has 0 aliphatic heterocycles. The van der Waals surface area contributed by atoms with Crippen LogP contribution in [0.2, 0.25) is 0 Å². The molecule has 0 aromatic heterocycles. The lowest BCUT2D eigenvalue weighted by molar-refractivity contribution is -0.130. The highest BCUT2D eigenvalue weighted by atomic mass is 32.2. The number of amides is 1. The van der Waals surface area contributed by atoms with Crippen molar-refractivity contribution in [2.24, 2.45) is 0 Å². The Bertz CT molecular complexity index is 964. The molecule has 0 radical (unpaired) electrons. The van der Waals surface area contributed by atoms with Crippen LogP contribution in [0.5, 0.6) is 0 Å². The van der Waals surface area contributed by atoms with Crippen molar-refractivity contribution in [3.63, 3.8) is 0 Å². The molecule has 3 unspecified atom stereocenters.